The van der Waals surface area contributed by atoms with Gasteiger partial charge < -0.3 is 0 Å². The van der Waals surface area contributed by atoms with Crippen molar-refractivity contribution in [3.05, 3.63) is 77.7 Å². The number of halogens is 1. The zero-order valence-corrected chi connectivity index (χ0v) is 17.7. The smallest absolute Gasteiger partial charge is 0.243 e. The van der Waals surface area contributed by atoms with Gasteiger partial charge >= 0.3 is 0 Å². The first-order valence-corrected chi connectivity index (χ1v) is 12.1. The Kier molecular flexibility index (Phi) is 4.92. The van der Waals surface area contributed by atoms with Gasteiger partial charge in [-0.25, -0.2) is 17.8 Å². The Balaban J connectivity index is 1.39. The average molecular weight is 442 g/mol. The summed E-state index contributed by atoms with van der Waals surface area (Å²) in [6.45, 7) is 0.428. The second-order valence-corrected chi connectivity index (χ2v) is 10.1. The number of hydrogen-bond donors (Lipinski definition) is 0. The maximum absolute atomic E-state index is 13.2. The predicted octanol–water partition coefficient (Wildman–Crippen LogP) is 4.60. The van der Waals surface area contributed by atoms with Crippen LogP contribution >= 0.6 is 11.3 Å². The molecule has 1 saturated carbocycles. The molecule has 0 atom stereocenters. The maximum Gasteiger partial charge on any atom is 0.243 e. The molecule has 5 rings (SSSR count). The highest BCUT2D eigenvalue weighted by atomic mass is 32.2. The lowest BCUT2D eigenvalue weighted by molar-refractivity contribution is 0.405. The molecular weight excluding hydrogens is 421 g/mol. The zero-order valence-electron chi connectivity index (χ0n) is 16.1. The van der Waals surface area contributed by atoms with Crippen molar-refractivity contribution in [3.63, 3.8) is 0 Å². The monoisotopic (exact) mass is 441 g/mol. The number of imidazole rings is 1. The molecule has 1 fully saturated rings. The van der Waals surface area contributed by atoms with Crippen molar-refractivity contribution in [2.24, 2.45) is 0 Å². The van der Waals surface area contributed by atoms with E-state index in [1.165, 1.54) is 23.5 Å². The van der Waals surface area contributed by atoms with E-state index in [-0.39, 0.29) is 11.9 Å². The van der Waals surface area contributed by atoms with Gasteiger partial charge in [0, 0.05) is 41.8 Å². The lowest BCUT2D eigenvalue weighted by atomic mass is 10.2. The first-order chi connectivity index (χ1) is 14.5. The number of benzene rings is 2. The fourth-order valence-electron chi connectivity index (χ4n) is 3.58. The molecule has 2 aromatic carbocycles. The van der Waals surface area contributed by atoms with E-state index in [9.17, 15) is 12.8 Å². The van der Waals surface area contributed by atoms with Crippen molar-refractivity contribution in [2.45, 2.75) is 30.2 Å². The molecule has 0 aliphatic heterocycles. The molecule has 0 spiro atoms. The summed E-state index contributed by atoms with van der Waals surface area (Å²) >= 11 is 1.52. The minimum Gasteiger partial charge on any atom is -0.294 e. The fraction of sp³-hybridized carbons (Fsp3) is 0.227. The molecule has 0 bridgehead atoms. The number of thiazole rings is 1. The van der Waals surface area contributed by atoms with E-state index in [1.54, 1.807) is 40.7 Å². The van der Waals surface area contributed by atoms with Crippen molar-refractivity contribution in [3.8, 4) is 11.3 Å². The zero-order chi connectivity index (χ0) is 20.7. The molecule has 5 nitrogen and oxygen atoms in total. The summed E-state index contributed by atoms with van der Waals surface area (Å²) in [7, 11) is -3.51. The van der Waals surface area contributed by atoms with Crippen LogP contribution in [0, 0.1) is 5.82 Å². The van der Waals surface area contributed by atoms with Crippen molar-refractivity contribution in [1.82, 2.24) is 13.7 Å². The summed E-state index contributed by atoms with van der Waals surface area (Å²) in [5.41, 5.74) is 2.65. The van der Waals surface area contributed by atoms with Gasteiger partial charge in [-0.2, -0.15) is 4.31 Å². The van der Waals surface area contributed by atoms with E-state index in [0.29, 0.717) is 17.9 Å². The van der Waals surface area contributed by atoms with Gasteiger partial charge in [0.25, 0.3) is 0 Å². The third-order valence-corrected chi connectivity index (χ3v) is 8.17. The maximum atomic E-state index is 13.2. The minimum atomic E-state index is -3.51. The Morgan fingerprint density at radius 1 is 1.10 bits per heavy atom. The second-order valence-electron chi connectivity index (χ2n) is 7.42. The van der Waals surface area contributed by atoms with Crippen LogP contribution in [0.1, 0.15) is 18.5 Å². The van der Waals surface area contributed by atoms with Gasteiger partial charge in [-0.05, 0) is 49.2 Å². The van der Waals surface area contributed by atoms with Crippen molar-refractivity contribution in [2.75, 3.05) is 6.54 Å². The van der Waals surface area contributed by atoms with E-state index in [1.807, 2.05) is 22.0 Å². The van der Waals surface area contributed by atoms with E-state index >= 15 is 0 Å². The van der Waals surface area contributed by atoms with Crippen molar-refractivity contribution < 1.29 is 12.8 Å². The summed E-state index contributed by atoms with van der Waals surface area (Å²) < 4.78 is 43.1. The normalized spacial score (nSPS) is 14.6. The number of aromatic nitrogens is 2. The van der Waals surface area contributed by atoms with E-state index < -0.39 is 10.0 Å². The van der Waals surface area contributed by atoms with Crippen LogP contribution in [0.2, 0.25) is 0 Å². The van der Waals surface area contributed by atoms with Crippen LogP contribution in [0.3, 0.4) is 0 Å². The first-order valence-electron chi connectivity index (χ1n) is 9.81. The highest BCUT2D eigenvalue weighted by Crippen LogP contribution is 2.32. The minimum absolute atomic E-state index is 0.0851. The molecule has 2 aromatic heterocycles. The Labute approximate surface area is 178 Å². The first kappa shape index (κ1) is 19.4. The van der Waals surface area contributed by atoms with Gasteiger partial charge in [0.2, 0.25) is 10.0 Å². The Bertz CT molecular complexity index is 1280. The summed E-state index contributed by atoms with van der Waals surface area (Å²) in [4.78, 5) is 5.81. The van der Waals surface area contributed by atoms with Crippen LogP contribution in [0.15, 0.2) is 71.1 Å². The standard InChI is InChI=1S/C22H20FN3O2S2/c23-17-8-6-16(7-9-17)21-14-25-19(15-29-22(25)24-21)12-13-26(18-10-11-18)30(27,28)20-4-2-1-3-5-20/h1-9,14-15,18H,10-13H2. The fourth-order valence-corrected chi connectivity index (χ4v) is 6.20. The molecule has 0 unspecified atom stereocenters. The number of hydrogen-bond acceptors (Lipinski definition) is 4. The number of fused-ring (bicyclic) bond motifs is 1. The molecule has 30 heavy (non-hydrogen) atoms. The van der Waals surface area contributed by atoms with Crippen LogP contribution in [0.5, 0.6) is 0 Å². The molecule has 4 aromatic rings. The van der Waals surface area contributed by atoms with Gasteiger partial charge in [-0.15, -0.1) is 11.3 Å². The van der Waals surface area contributed by atoms with Gasteiger partial charge in [-0.1, -0.05) is 18.2 Å². The summed E-state index contributed by atoms with van der Waals surface area (Å²) in [6.07, 6.45) is 4.35. The van der Waals surface area contributed by atoms with Crippen LogP contribution < -0.4 is 0 Å². The molecule has 0 N–H and O–H groups in total. The largest absolute Gasteiger partial charge is 0.294 e. The molecule has 8 heteroatoms. The molecule has 0 amide bonds. The molecule has 2 heterocycles. The van der Waals surface area contributed by atoms with Gasteiger partial charge in [0.15, 0.2) is 4.96 Å². The lowest BCUT2D eigenvalue weighted by Gasteiger charge is -2.21. The number of rotatable bonds is 7. The van der Waals surface area contributed by atoms with Crippen LogP contribution in [-0.2, 0) is 16.4 Å². The quantitative estimate of drug-likeness (QED) is 0.421. The molecular formula is C22H20FN3O2S2. The second kappa shape index (κ2) is 7.61. The van der Waals surface area contributed by atoms with Gasteiger partial charge in [0.05, 0.1) is 10.6 Å². The Morgan fingerprint density at radius 2 is 1.83 bits per heavy atom. The summed E-state index contributed by atoms with van der Waals surface area (Å²) in [5, 5.41) is 2.02. The Hall–Kier alpha value is -2.55. The number of sulfonamides is 1. The average Bonchev–Trinajstić information content (AvgIpc) is 3.38. The van der Waals surface area contributed by atoms with E-state index in [0.717, 1.165) is 34.8 Å². The highest BCUT2D eigenvalue weighted by molar-refractivity contribution is 7.89. The Morgan fingerprint density at radius 3 is 2.53 bits per heavy atom. The third-order valence-electron chi connectivity index (χ3n) is 5.32. The number of nitrogens with zero attached hydrogens (tertiary/aromatic N) is 3. The van der Waals surface area contributed by atoms with E-state index in [4.69, 9.17) is 0 Å². The van der Waals surface area contributed by atoms with Gasteiger partial charge in [-0.3, -0.25) is 4.40 Å². The van der Waals surface area contributed by atoms with E-state index in [2.05, 4.69) is 4.98 Å². The lowest BCUT2D eigenvalue weighted by Crippen LogP contribution is -2.35. The molecule has 1 aliphatic rings. The summed E-state index contributed by atoms with van der Waals surface area (Å²) in [6, 6.07) is 15.0. The summed E-state index contributed by atoms with van der Waals surface area (Å²) in [5.74, 6) is -0.278. The van der Waals surface area contributed by atoms with Crippen LogP contribution in [0.25, 0.3) is 16.2 Å². The van der Waals surface area contributed by atoms with Gasteiger partial charge in [0.1, 0.15) is 5.82 Å². The van der Waals surface area contributed by atoms with Crippen molar-refractivity contribution >= 4 is 26.3 Å². The molecule has 1 aliphatic carbocycles. The van der Waals surface area contributed by atoms with Crippen LogP contribution in [0.4, 0.5) is 4.39 Å². The highest BCUT2D eigenvalue weighted by Gasteiger charge is 2.37. The van der Waals surface area contributed by atoms with Crippen LogP contribution in [-0.4, -0.2) is 34.7 Å². The topological polar surface area (TPSA) is 54.7 Å². The predicted molar refractivity (Wildman–Crippen MR) is 116 cm³/mol. The third kappa shape index (κ3) is 3.66. The SMILES string of the molecule is O=S(=O)(c1ccccc1)N(CCc1csc2nc(-c3ccc(F)cc3)cn12)C1CC1. The molecule has 0 radical (unpaired) electrons. The molecule has 154 valence electrons. The van der Waals surface area contributed by atoms with Crippen molar-refractivity contribution in [1.29, 1.82) is 0 Å². The molecule has 0 saturated heterocycles.